The number of sulfone groups is 1. The molecule has 0 aromatic heterocycles. The van der Waals surface area contributed by atoms with E-state index in [0.29, 0.717) is 31.1 Å². The van der Waals surface area contributed by atoms with Gasteiger partial charge >= 0.3 is 0 Å². The van der Waals surface area contributed by atoms with E-state index in [0.717, 1.165) is 5.56 Å². The lowest BCUT2D eigenvalue weighted by atomic mass is 10.2. The molecule has 6 heteroatoms. The monoisotopic (exact) mass is 315 g/mol. The second kappa shape index (κ2) is 8.89. The molecule has 1 rings (SSSR count). The first-order valence-electron chi connectivity index (χ1n) is 7.26. The van der Waals surface area contributed by atoms with E-state index in [-0.39, 0.29) is 18.1 Å². The number of ether oxygens (including phenoxy) is 2. The maximum Gasteiger partial charge on any atom is 0.165 e. The van der Waals surface area contributed by atoms with Crippen molar-refractivity contribution in [3.63, 3.8) is 0 Å². The quantitative estimate of drug-likeness (QED) is 0.715. The van der Waals surface area contributed by atoms with Gasteiger partial charge in [-0.3, -0.25) is 0 Å². The van der Waals surface area contributed by atoms with Crippen LogP contribution in [0.15, 0.2) is 18.2 Å². The summed E-state index contributed by atoms with van der Waals surface area (Å²) < 4.78 is 34.7. The van der Waals surface area contributed by atoms with Gasteiger partial charge in [-0.1, -0.05) is 19.1 Å². The zero-order valence-electron chi connectivity index (χ0n) is 13.0. The van der Waals surface area contributed by atoms with Crippen LogP contribution in [0.5, 0.6) is 11.5 Å². The van der Waals surface area contributed by atoms with E-state index in [2.05, 4.69) is 5.32 Å². The Kier molecular flexibility index (Phi) is 7.53. The molecule has 0 aliphatic rings. The molecular formula is C15H25NO4S. The molecule has 0 heterocycles. The van der Waals surface area contributed by atoms with Crippen LogP contribution in [0.4, 0.5) is 0 Å². The van der Waals surface area contributed by atoms with Crippen LogP contribution < -0.4 is 14.8 Å². The molecule has 1 aromatic rings. The van der Waals surface area contributed by atoms with Gasteiger partial charge in [0.05, 0.1) is 18.1 Å². The van der Waals surface area contributed by atoms with E-state index in [1.54, 1.807) is 0 Å². The van der Waals surface area contributed by atoms with Crippen LogP contribution in [0, 0.1) is 0 Å². The third-order valence-corrected chi connectivity index (χ3v) is 4.70. The average molecular weight is 315 g/mol. The van der Waals surface area contributed by atoms with Gasteiger partial charge in [0.1, 0.15) is 6.61 Å². The first kappa shape index (κ1) is 17.8. The van der Waals surface area contributed by atoms with Gasteiger partial charge in [0.15, 0.2) is 21.3 Å². The summed E-state index contributed by atoms with van der Waals surface area (Å²) >= 11 is 0. The molecule has 0 radical (unpaired) electrons. The number of benzene rings is 1. The summed E-state index contributed by atoms with van der Waals surface area (Å²) in [5, 5.41) is 3.07. The molecule has 0 saturated heterocycles. The van der Waals surface area contributed by atoms with E-state index in [4.69, 9.17) is 9.47 Å². The molecular weight excluding hydrogens is 290 g/mol. The SMILES string of the molecule is CCCS(=O)(=O)CCOc1c(CNC)cccc1OCC. The Bertz CT molecular complexity index is 504. The highest BCUT2D eigenvalue weighted by atomic mass is 32.2. The van der Waals surface area contributed by atoms with Crippen molar-refractivity contribution >= 4 is 9.84 Å². The van der Waals surface area contributed by atoms with Crippen molar-refractivity contribution in [3.8, 4) is 11.5 Å². The molecule has 21 heavy (non-hydrogen) atoms. The zero-order valence-corrected chi connectivity index (χ0v) is 13.8. The molecule has 0 atom stereocenters. The number of rotatable bonds is 10. The lowest BCUT2D eigenvalue weighted by molar-refractivity contribution is 0.285. The highest BCUT2D eigenvalue weighted by Gasteiger charge is 2.13. The second-order valence-corrected chi connectivity index (χ2v) is 7.01. The molecule has 1 N–H and O–H groups in total. The fraction of sp³-hybridized carbons (Fsp3) is 0.600. The minimum Gasteiger partial charge on any atom is -0.490 e. The van der Waals surface area contributed by atoms with Crippen LogP contribution in [0.1, 0.15) is 25.8 Å². The van der Waals surface area contributed by atoms with Crippen molar-refractivity contribution in [1.82, 2.24) is 5.32 Å². The van der Waals surface area contributed by atoms with E-state index >= 15 is 0 Å². The van der Waals surface area contributed by atoms with Crippen molar-refractivity contribution in [1.29, 1.82) is 0 Å². The van der Waals surface area contributed by atoms with Crippen LogP contribution in [0.3, 0.4) is 0 Å². The highest BCUT2D eigenvalue weighted by molar-refractivity contribution is 7.91. The number of hydrogen-bond donors (Lipinski definition) is 1. The van der Waals surface area contributed by atoms with Gasteiger partial charge in [-0.15, -0.1) is 0 Å². The summed E-state index contributed by atoms with van der Waals surface area (Å²) in [6.07, 6.45) is 0.628. The number of nitrogens with one attached hydrogen (secondary N) is 1. The van der Waals surface area contributed by atoms with Crippen molar-refractivity contribution in [2.45, 2.75) is 26.8 Å². The average Bonchev–Trinajstić information content (AvgIpc) is 2.42. The van der Waals surface area contributed by atoms with Crippen LogP contribution in [-0.2, 0) is 16.4 Å². The fourth-order valence-corrected chi connectivity index (χ4v) is 3.17. The Labute approximate surface area is 127 Å². The molecule has 0 fully saturated rings. The van der Waals surface area contributed by atoms with Gasteiger partial charge < -0.3 is 14.8 Å². The molecule has 0 spiro atoms. The first-order chi connectivity index (χ1) is 10.0. The van der Waals surface area contributed by atoms with Gasteiger partial charge in [0.2, 0.25) is 0 Å². The zero-order chi connectivity index (χ0) is 15.7. The van der Waals surface area contributed by atoms with Crippen molar-refractivity contribution in [2.24, 2.45) is 0 Å². The van der Waals surface area contributed by atoms with Gasteiger partial charge in [0.25, 0.3) is 0 Å². The predicted molar refractivity (Wildman–Crippen MR) is 84.8 cm³/mol. The summed E-state index contributed by atoms with van der Waals surface area (Å²) in [6.45, 7) is 5.07. The third kappa shape index (κ3) is 5.93. The number of para-hydroxylation sites is 1. The molecule has 0 saturated carbocycles. The Morgan fingerprint density at radius 2 is 1.90 bits per heavy atom. The standard InChI is InChI=1S/C15H25NO4S/c1-4-10-21(17,18)11-9-20-15-13(12-16-3)7-6-8-14(15)19-5-2/h6-8,16H,4-5,9-12H2,1-3H3. The van der Waals surface area contributed by atoms with E-state index in [9.17, 15) is 8.42 Å². The second-order valence-electron chi connectivity index (χ2n) is 4.71. The minimum atomic E-state index is -3.03. The Morgan fingerprint density at radius 3 is 2.52 bits per heavy atom. The largest absolute Gasteiger partial charge is 0.490 e. The van der Waals surface area contributed by atoms with Gasteiger partial charge in [-0.05, 0) is 26.5 Å². The predicted octanol–water partition coefficient (Wildman–Crippen LogP) is 2.01. The van der Waals surface area contributed by atoms with Gasteiger partial charge in [-0.2, -0.15) is 0 Å². The minimum absolute atomic E-state index is 0.0281. The summed E-state index contributed by atoms with van der Waals surface area (Å²) in [4.78, 5) is 0. The lowest BCUT2D eigenvalue weighted by Gasteiger charge is -2.16. The molecule has 0 bridgehead atoms. The van der Waals surface area contributed by atoms with E-state index < -0.39 is 9.84 Å². The Morgan fingerprint density at radius 1 is 1.14 bits per heavy atom. The van der Waals surface area contributed by atoms with Gasteiger partial charge in [0, 0.05) is 12.1 Å². The van der Waals surface area contributed by atoms with Crippen LogP contribution >= 0.6 is 0 Å². The fourth-order valence-electron chi connectivity index (χ4n) is 2.01. The van der Waals surface area contributed by atoms with E-state index in [1.807, 2.05) is 39.1 Å². The molecule has 0 aliphatic heterocycles. The van der Waals surface area contributed by atoms with Crippen molar-refractivity contribution in [2.75, 3.05) is 31.8 Å². The Balaban J connectivity index is 2.80. The topological polar surface area (TPSA) is 64.6 Å². The summed E-state index contributed by atoms with van der Waals surface area (Å²) in [5.41, 5.74) is 0.955. The maximum absolute atomic E-state index is 11.7. The lowest BCUT2D eigenvalue weighted by Crippen LogP contribution is -2.18. The summed E-state index contributed by atoms with van der Waals surface area (Å²) in [5.74, 6) is 1.51. The van der Waals surface area contributed by atoms with Crippen molar-refractivity contribution in [3.05, 3.63) is 23.8 Å². The molecule has 120 valence electrons. The molecule has 1 aromatic carbocycles. The summed E-state index contributed by atoms with van der Waals surface area (Å²) in [6, 6.07) is 5.67. The third-order valence-electron chi connectivity index (χ3n) is 2.88. The normalized spacial score (nSPS) is 11.4. The van der Waals surface area contributed by atoms with Gasteiger partial charge in [-0.25, -0.2) is 8.42 Å². The van der Waals surface area contributed by atoms with E-state index in [1.165, 1.54) is 0 Å². The number of hydrogen-bond acceptors (Lipinski definition) is 5. The maximum atomic E-state index is 11.7. The van der Waals surface area contributed by atoms with Crippen LogP contribution in [0.2, 0.25) is 0 Å². The molecule has 0 unspecified atom stereocenters. The summed E-state index contributed by atoms with van der Waals surface area (Å²) in [7, 11) is -1.18. The molecule has 0 amide bonds. The van der Waals surface area contributed by atoms with Crippen molar-refractivity contribution < 1.29 is 17.9 Å². The Hall–Kier alpha value is -1.27. The molecule has 5 nitrogen and oxygen atoms in total. The molecule has 0 aliphatic carbocycles. The van der Waals surface area contributed by atoms with Crippen LogP contribution in [0.25, 0.3) is 0 Å². The van der Waals surface area contributed by atoms with Crippen LogP contribution in [-0.4, -0.2) is 40.2 Å². The first-order valence-corrected chi connectivity index (χ1v) is 9.08. The smallest absolute Gasteiger partial charge is 0.165 e. The highest BCUT2D eigenvalue weighted by Crippen LogP contribution is 2.31.